The Labute approximate surface area is 263 Å². The SMILES string of the molecule is CC(=O)OC1CC(=O)N1c1cccc(CN2C(=O)[C@]3(O[C@H](CC(=O)N4CCC[C@H]4CO)[C@@H]([Si](C)(C)O)[C@@H]3C)c3ccccc32)c1. The van der Waals surface area contributed by atoms with Crippen molar-refractivity contribution in [1.82, 2.24) is 4.90 Å². The van der Waals surface area contributed by atoms with Crippen LogP contribution in [0.25, 0.3) is 0 Å². The van der Waals surface area contributed by atoms with Crippen molar-refractivity contribution in [2.75, 3.05) is 23.0 Å². The number of carbonyl (C=O) groups excluding carboxylic acids is 4. The lowest BCUT2D eigenvalue weighted by Crippen LogP contribution is -2.54. The van der Waals surface area contributed by atoms with E-state index in [4.69, 9.17) is 9.47 Å². The second kappa shape index (κ2) is 11.7. The van der Waals surface area contributed by atoms with Crippen molar-refractivity contribution in [1.29, 1.82) is 0 Å². The highest BCUT2D eigenvalue weighted by molar-refractivity contribution is 6.71. The van der Waals surface area contributed by atoms with Crippen LogP contribution in [0.4, 0.5) is 11.4 Å². The lowest BCUT2D eigenvalue weighted by atomic mass is 9.82. The number of ether oxygens (including phenoxy) is 2. The first-order valence-electron chi connectivity index (χ1n) is 15.7. The number of carbonyl (C=O) groups is 4. The Morgan fingerprint density at radius 3 is 2.58 bits per heavy atom. The number of aliphatic hydroxyl groups excluding tert-OH is 1. The summed E-state index contributed by atoms with van der Waals surface area (Å²) in [7, 11) is -2.95. The number of aliphatic hydroxyl groups is 1. The summed E-state index contributed by atoms with van der Waals surface area (Å²) in [5, 5.41) is 9.81. The van der Waals surface area contributed by atoms with Gasteiger partial charge in [0.25, 0.3) is 5.91 Å². The molecule has 0 aromatic heterocycles. The zero-order valence-electron chi connectivity index (χ0n) is 26.1. The van der Waals surface area contributed by atoms with E-state index in [9.17, 15) is 29.1 Å². The van der Waals surface area contributed by atoms with Gasteiger partial charge in [-0.25, -0.2) is 0 Å². The van der Waals surface area contributed by atoms with Gasteiger partial charge >= 0.3 is 5.97 Å². The maximum absolute atomic E-state index is 14.7. The van der Waals surface area contributed by atoms with Crippen LogP contribution in [0.2, 0.25) is 18.6 Å². The number of esters is 1. The molecule has 0 radical (unpaired) electrons. The van der Waals surface area contributed by atoms with Crippen molar-refractivity contribution in [3.05, 3.63) is 59.7 Å². The second-order valence-corrected chi connectivity index (χ2v) is 17.2. The number of anilines is 2. The Hall–Kier alpha value is -3.58. The van der Waals surface area contributed by atoms with Gasteiger partial charge in [-0.1, -0.05) is 37.3 Å². The summed E-state index contributed by atoms with van der Waals surface area (Å²) in [6.07, 6.45) is 0.380. The van der Waals surface area contributed by atoms with Crippen LogP contribution >= 0.6 is 0 Å². The van der Waals surface area contributed by atoms with Gasteiger partial charge in [0, 0.05) is 36.2 Å². The molecule has 3 saturated heterocycles. The second-order valence-electron chi connectivity index (χ2n) is 13.2. The zero-order chi connectivity index (χ0) is 32.3. The number of fused-ring (bicyclic) bond motifs is 2. The van der Waals surface area contributed by atoms with Gasteiger partial charge in [0.05, 0.1) is 43.8 Å². The largest absolute Gasteiger partial charge is 0.441 e. The van der Waals surface area contributed by atoms with E-state index in [-0.39, 0.29) is 49.8 Å². The summed E-state index contributed by atoms with van der Waals surface area (Å²) >= 11 is 0. The number of benzene rings is 2. The summed E-state index contributed by atoms with van der Waals surface area (Å²) in [5.41, 5.74) is 0.965. The van der Waals surface area contributed by atoms with E-state index in [1.54, 1.807) is 21.9 Å². The first-order valence-corrected chi connectivity index (χ1v) is 18.7. The van der Waals surface area contributed by atoms with Crippen molar-refractivity contribution in [2.24, 2.45) is 5.92 Å². The average molecular weight is 636 g/mol. The summed E-state index contributed by atoms with van der Waals surface area (Å²) in [4.78, 5) is 68.5. The van der Waals surface area contributed by atoms with E-state index in [1.165, 1.54) is 11.8 Å². The molecule has 11 nitrogen and oxygen atoms in total. The van der Waals surface area contributed by atoms with Crippen LogP contribution in [-0.4, -0.2) is 78.3 Å². The van der Waals surface area contributed by atoms with Gasteiger partial charge in [0.15, 0.2) is 20.1 Å². The summed E-state index contributed by atoms with van der Waals surface area (Å²) in [6, 6.07) is 14.5. The Morgan fingerprint density at radius 2 is 1.89 bits per heavy atom. The monoisotopic (exact) mass is 635 g/mol. The number of para-hydroxylation sites is 1. The minimum Gasteiger partial charge on any atom is -0.441 e. The van der Waals surface area contributed by atoms with Gasteiger partial charge in [-0.05, 0) is 49.7 Å². The van der Waals surface area contributed by atoms with Crippen molar-refractivity contribution >= 4 is 43.4 Å². The molecule has 6 rings (SSSR count). The molecule has 45 heavy (non-hydrogen) atoms. The van der Waals surface area contributed by atoms with Crippen molar-refractivity contribution < 1.29 is 38.6 Å². The molecule has 1 spiro atoms. The fraction of sp³-hybridized carbons (Fsp3) is 0.515. The Bertz CT molecular complexity index is 1530. The molecule has 240 valence electrons. The lowest BCUT2D eigenvalue weighted by Gasteiger charge is -2.39. The van der Waals surface area contributed by atoms with Gasteiger partial charge in [-0.2, -0.15) is 0 Å². The molecule has 4 heterocycles. The summed E-state index contributed by atoms with van der Waals surface area (Å²) < 4.78 is 12.1. The molecule has 4 aliphatic rings. The van der Waals surface area contributed by atoms with E-state index in [0.717, 1.165) is 18.4 Å². The smallest absolute Gasteiger partial charge is 0.304 e. The van der Waals surface area contributed by atoms with Crippen LogP contribution in [0, 0.1) is 5.92 Å². The van der Waals surface area contributed by atoms with Crippen LogP contribution in [0.15, 0.2) is 48.5 Å². The lowest BCUT2D eigenvalue weighted by molar-refractivity contribution is -0.154. The van der Waals surface area contributed by atoms with Crippen molar-refractivity contribution in [3.8, 4) is 0 Å². The normalized spacial score (nSPS) is 29.4. The highest BCUT2D eigenvalue weighted by Crippen LogP contribution is 2.59. The first-order chi connectivity index (χ1) is 21.4. The third-order valence-corrected chi connectivity index (χ3v) is 12.4. The molecule has 2 aromatic carbocycles. The Balaban J connectivity index is 1.31. The van der Waals surface area contributed by atoms with Gasteiger partial charge in [-0.15, -0.1) is 0 Å². The van der Waals surface area contributed by atoms with E-state index in [0.29, 0.717) is 23.5 Å². The fourth-order valence-corrected chi connectivity index (χ4v) is 10.6. The maximum Gasteiger partial charge on any atom is 0.304 e. The van der Waals surface area contributed by atoms with Gasteiger partial charge in [-0.3, -0.25) is 24.1 Å². The number of nitrogens with zero attached hydrogens (tertiary/aromatic N) is 3. The van der Waals surface area contributed by atoms with E-state index < -0.39 is 43.7 Å². The predicted molar refractivity (Wildman–Crippen MR) is 167 cm³/mol. The van der Waals surface area contributed by atoms with E-state index >= 15 is 0 Å². The maximum atomic E-state index is 14.7. The zero-order valence-corrected chi connectivity index (χ0v) is 27.1. The number of hydrogen-bond donors (Lipinski definition) is 2. The Kier molecular flexibility index (Phi) is 8.13. The Morgan fingerprint density at radius 1 is 1.13 bits per heavy atom. The molecule has 2 aromatic rings. The number of likely N-dealkylation sites (tertiary alicyclic amines) is 1. The predicted octanol–water partition coefficient (Wildman–Crippen LogP) is 3.03. The minimum absolute atomic E-state index is 0.0229. The average Bonchev–Trinajstić information content (AvgIpc) is 3.63. The minimum atomic E-state index is -2.95. The van der Waals surface area contributed by atoms with Gasteiger partial charge < -0.3 is 29.2 Å². The van der Waals surface area contributed by atoms with Crippen LogP contribution in [0.1, 0.15) is 50.7 Å². The van der Waals surface area contributed by atoms with Gasteiger partial charge in [0.1, 0.15) is 0 Å². The third-order valence-electron chi connectivity index (χ3n) is 9.91. The van der Waals surface area contributed by atoms with Crippen LogP contribution in [-0.2, 0) is 40.8 Å². The van der Waals surface area contributed by atoms with Crippen LogP contribution in [0.5, 0.6) is 0 Å². The number of hydrogen-bond acceptors (Lipinski definition) is 8. The molecule has 0 aliphatic carbocycles. The molecule has 0 bridgehead atoms. The molecular formula is C33H41N3O8Si. The molecule has 4 aliphatic heterocycles. The topological polar surface area (TPSA) is 137 Å². The molecule has 12 heteroatoms. The van der Waals surface area contributed by atoms with Crippen molar-refractivity contribution in [3.63, 3.8) is 0 Å². The fourth-order valence-electron chi connectivity index (χ4n) is 8.00. The molecule has 2 N–H and O–H groups in total. The van der Waals surface area contributed by atoms with Crippen LogP contribution in [0.3, 0.4) is 0 Å². The standard InChI is InChI=1S/C33H41N3O8Si/c1-20-31(45(3,4)42)27(16-28(39)34-14-8-11-24(34)19-37)44-33(20)25-12-5-6-13-26(25)35(32(33)41)18-22-9-7-10-23(15-22)36-29(40)17-30(36)43-21(2)38/h5-7,9-10,12-13,15,20,24,27,30-31,37,42H,8,11,14,16-19H2,1-4H3/t20-,24-,27+,30?,31-,33+/m0/s1. The van der Waals surface area contributed by atoms with E-state index in [1.807, 2.05) is 56.4 Å². The molecule has 0 saturated carbocycles. The molecular weight excluding hydrogens is 594 g/mol. The highest BCUT2D eigenvalue weighted by Gasteiger charge is 2.66. The number of rotatable bonds is 8. The van der Waals surface area contributed by atoms with Crippen LogP contribution < -0.4 is 9.80 Å². The quantitative estimate of drug-likeness (QED) is 0.257. The third kappa shape index (κ3) is 5.27. The van der Waals surface area contributed by atoms with E-state index in [2.05, 4.69) is 0 Å². The molecule has 1 unspecified atom stereocenters. The molecule has 3 amide bonds. The first kappa shape index (κ1) is 31.4. The summed E-state index contributed by atoms with van der Waals surface area (Å²) in [6.45, 7) is 7.57. The van der Waals surface area contributed by atoms with Gasteiger partial charge in [0.2, 0.25) is 11.8 Å². The molecule has 6 atom stereocenters. The molecule has 3 fully saturated rings. The number of β-lactam (4-membered cyclic amide) rings is 1. The summed E-state index contributed by atoms with van der Waals surface area (Å²) in [5.74, 6) is -1.43. The van der Waals surface area contributed by atoms with Crippen molar-refractivity contribution in [2.45, 2.75) is 88.7 Å². The number of amides is 3. The highest BCUT2D eigenvalue weighted by atomic mass is 28.4.